The van der Waals surface area contributed by atoms with Crippen LogP contribution in [0.25, 0.3) is 0 Å². The van der Waals surface area contributed by atoms with Gasteiger partial charge in [-0.25, -0.2) is 4.39 Å². The molecule has 1 fully saturated rings. The zero-order valence-corrected chi connectivity index (χ0v) is 13.6. The van der Waals surface area contributed by atoms with Gasteiger partial charge in [-0.3, -0.25) is 0 Å². The maximum absolute atomic E-state index is 13.0. The Bertz CT molecular complexity index is 598. The normalized spacial score (nSPS) is 17.9. The lowest BCUT2D eigenvalue weighted by molar-refractivity contribution is 0.621. The van der Waals surface area contributed by atoms with Gasteiger partial charge in [0.1, 0.15) is 10.8 Å². The van der Waals surface area contributed by atoms with Crippen molar-refractivity contribution in [3.8, 4) is 0 Å². The van der Waals surface area contributed by atoms with E-state index in [2.05, 4.69) is 27.3 Å². The van der Waals surface area contributed by atoms with Crippen LogP contribution in [0.3, 0.4) is 0 Å². The fourth-order valence-corrected chi connectivity index (χ4v) is 3.61. The van der Waals surface area contributed by atoms with Crippen molar-refractivity contribution >= 4 is 22.2 Å². The first kappa shape index (κ1) is 15.2. The number of nitrogens with one attached hydrogen (secondary N) is 1. The van der Waals surface area contributed by atoms with Gasteiger partial charge in [-0.1, -0.05) is 18.3 Å². The van der Waals surface area contributed by atoms with Crippen molar-refractivity contribution in [1.82, 2.24) is 10.2 Å². The maximum Gasteiger partial charge on any atom is 0.205 e. The number of hydrogen-bond acceptors (Lipinski definition) is 5. The predicted molar refractivity (Wildman–Crippen MR) is 89.1 cm³/mol. The van der Waals surface area contributed by atoms with Gasteiger partial charge in [0.2, 0.25) is 5.13 Å². The molecule has 1 aromatic carbocycles. The Morgan fingerprint density at radius 2 is 2.14 bits per heavy atom. The van der Waals surface area contributed by atoms with E-state index >= 15 is 0 Å². The molecular weight excluding hydrogens is 299 g/mol. The lowest BCUT2D eigenvalue weighted by Gasteiger charge is -2.18. The van der Waals surface area contributed by atoms with Crippen LogP contribution in [0, 0.1) is 11.7 Å². The highest BCUT2D eigenvalue weighted by atomic mass is 32.1. The fraction of sp³-hybridized carbons (Fsp3) is 0.500. The minimum atomic E-state index is -0.180. The second-order valence-electron chi connectivity index (χ2n) is 5.71. The lowest BCUT2D eigenvalue weighted by Crippen LogP contribution is -2.22. The van der Waals surface area contributed by atoms with Crippen molar-refractivity contribution in [3.63, 3.8) is 0 Å². The maximum atomic E-state index is 13.0. The number of nitrogens with zero attached hydrogens (tertiary/aromatic N) is 3. The van der Waals surface area contributed by atoms with E-state index in [4.69, 9.17) is 0 Å². The molecule has 22 heavy (non-hydrogen) atoms. The molecule has 0 bridgehead atoms. The van der Waals surface area contributed by atoms with Crippen LogP contribution in [0.1, 0.15) is 24.8 Å². The Morgan fingerprint density at radius 1 is 1.32 bits per heavy atom. The second-order valence-corrected chi connectivity index (χ2v) is 6.77. The number of hydrogen-bond donors (Lipinski definition) is 1. The fourth-order valence-electron chi connectivity index (χ4n) is 2.76. The van der Waals surface area contributed by atoms with Crippen LogP contribution in [0.4, 0.5) is 15.2 Å². The van der Waals surface area contributed by atoms with Crippen LogP contribution in [0.2, 0.25) is 0 Å². The SMILES string of the molecule is CCCc1nnc(NC[C@@H]2CCN(c3ccc(F)cc3)C2)s1. The minimum absolute atomic E-state index is 0.180. The third kappa shape index (κ3) is 3.74. The molecule has 0 amide bonds. The van der Waals surface area contributed by atoms with Gasteiger partial charge in [0, 0.05) is 31.7 Å². The smallest absolute Gasteiger partial charge is 0.205 e. The first-order valence-electron chi connectivity index (χ1n) is 7.81. The molecule has 0 spiro atoms. The molecule has 1 aliphatic rings. The molecule has 1 aliphatic heterocycles. The van der Waals surface area contributed by atoms with Gasteiger partial charge in [0.15, 0.2) is 0 Å². The van der Waals surface area contributed by atoms with Crippen LogP contribution in [0.5, 0.6) is 0 Å². The summed E-state index contributed by atoms with van der Waals surface area (Å²) in [6, 6.07) is 6.76. The van der Waals surface area contributed by atoms with Crippen LogP contribution >= 0.6 is 11.3 Å². The molecule has 2 heterocycles. The van der Waals surface area contributed by atoms with E-state index in [-0.39, 0.29) is 5.82 Å². The first-order valence-corrected chi connectivity index (χ1v) is 8.63. The van der Waals surface area contributed by atoms with E-state index < -0.39 is 0 Å². The highest BCUT2D eigenvalue weighted by molar-refractivity contribution is 7.15. The zero-order chi connectivity index (χ0) is 15.4. The van der Waals surface area contributed by atoms with Crippen LogP contribution in [-0.4, -0.2) is 29.8 Å². The molecule has 1 N–H and O–H groups in total. The number of anilines is 2. The third-order valence-corrected chi connectivity index (χ3v) is 4.89. The van der Waals surface area contributed by atoms with Gasteiger partial charge in [0.25, 0.3) is 0 Å². The quantitative estimate of drug-likeness (QED) is 0.883. The standard InChI is InChI=1S/C16H21FN4S/c1-2-3-15-19-20-16(22-15)18-10-12-8-9-21(11-12)14-6-4-13(17)5-7-14/h4-7,12H,2-3,8-11H2,1H3,(H,18,20)/t12-/m0/s1. The molecule has 0 saturated carbocycles. The van der Waals surface area contributed by atoms with E-state index in [0.29, 0.717) is 5.92 Å². The molecule has 1 aromatic heterocycles. The molecule has 4 nitrogen and oxygen atoms in total. The van der Waals surface area contributed by atoms with E-state index in [1.807, 2.05) is 12.1 Å². The Labute approximate surface area is 134 Å². The van der Waals surface area contributed by atoms with Crippen molar-refractivity contribution in [2.75, 3.05) is 29.9 Å². The Balaban J connectivity index is 1.49. The summed E-state index contributed by atoms with van der Waals surface area (Å²) in [4.78, 5) is 2.31. The van der Waals surface area contributed by atoms with Crippen LogP contribution in [0.15, 0.2) is 24.3 Å². The molecular formula is C16H21FN4S. The van der Waals surface area contributed by atoms with Gasteiger partial charge in [-0.05, 0) is 43.0 Å². The topological polar surface area (TPSA) is 41.1 Å². The van der Waals surface area contributed by atoms with E-state index in [1.165, 1.54) is 12.1 Å². The summed E-state index contributed by atoms with van der Waals surface area (Å²) < 4.78 is 13.0. The van der Waals surface area contributed by atoms with Crippen molar-refractivity contribution in [3.05, 3.63) is 35.1 Å². The van der Waals surface area contributed by atoms with E-state index in [0.717, 1.165) is 54.7 Å². The third-order valence-electron chi connectivity index (χ3n) is 3.95. The molecule has 0 aliphatic carbocycles. The average Bonchev–Trinajstić information content (AvgIpc) is 3.16. The van der Waals surface area contributed by atoms with E-state index in [1.54, 1.807) is 11.3 Å². The van der Waals surface area contributed by atoms with E-state index in [9.17, 15) is 4.39 Å². The minimum Gasteiger partial charge on any atom is -0.371 e. The average molecular weight is 320 g/mol. The zero-order valence-electron chi connectivity index (χ0n) is 12.8. The Hall–Kier alpha value is -1.69. The molecule has 3 rings (SSSR count). The van der Waals surface area contributed by atoms with Crippen molar-refractivity contribution < 1.29 is 4.39 Å². The second kappa shape index (κ2) is 7.05. The van der Waals surface area contributed by atoms with Gasteiger partial charge in [-0.15, -0.1) is 10.2 Å². The number of benzene rings is 1. The number of halogens is 1. The summed E-state index contributed by atoms with van der Waals surface area (Å²) in [6.45, 7) is 5.09. The molecule has 6 heteroatoms. The molecule has 0 radical (unpaired) electrons. The van der Waals surface area contributed by atoms with Gasteiger partial charge < -0.3 is 10.2 Å². The number of rotatable bonds is 6. The highest BCUT2D eigenvalue weighted by Crippen LogP contribution is 2.25. The summed E-state index contributed by atoms with van der Waals surface area (Å²) >= 11 is 1.65. The predicted octanol–water partition coefficient (Wildman–Crippen LogP) is 3.57. The van der Waals surface area contributed by atoms with Crippen molar-refractivity contribution in [1.29, 1.82) is 0 Å². The monoisotopic (exact) mass is 320 g/mol. The number of aryl methyl sites for hydroxylation is 1. The Kier molecular flexibility index (Phi) is 4.87. The summed E-state index contributed by atoms with van der Waals surface area (Å²) in [5.74, 6) is 0.406. The van der Waals surface area contributed by atoms with Gasteiger partial charge >= 0.3 is 0 Å². The molecule has 0 unspecified atom stereocenters. The Morgan fingerprint density at radius 3 is 2.91 bits per heavy atom. The van der Waals surface area contributed by atoms with Crippen LogP contribution < -0.4 is 10.2 Å². The molecule has 1 saturated heterocycles. The largest absolute Gasteiger partial charge is 0.371 e. The summed E-state index contributed by atoms with van der Waals surface area (Å²) in [6.07, 6.45) is 3.25. The van der Waals surface area contributed by atoms with Gasteiger partial charge in [-0.2, -0.15) is 0 Å². The van der Waals surface area contributed by atoms with Gasteiger partial charge in [0.05, 0.1) is 0 Å². The van der Waals surface area contributed by atoms with Crippen molar-refractivity contribution in [2.24, 2.45) is 5.92 Å². The summed E-state index contributed by atoms with van der Waals surface area (Å²) in [7, 11) is 0. The molecule has 1 atom stereocenters. The first-order chi connectivity index (χ1) is 10.7. The molecule has 2 aromatic rings. The van der Waals surface area contributed by atoms with Crippen LogP contribution in [-0.2, 0) is 6.42 Å². The van der Waals surface area contributed by atoms with Crippen molar-refractivity contribution in [2.45, 2.75) is 26.2 Å². The summed E-state index contributed by atoms with van der Waals surface area (Å²) in [5.41, 5.74) is 1.10. The molecule has 118 valence electrons. The number of aromatic nitrogens is 2. The summed E-state index contributed by atoms with van der Waals surface area (Å²) in [5, 5.41) is 13.8. The highest BCUT2D eigenvalue weighted by Gasteiger charge is 2.22. The lowest BCUT2D eigenvalue weighted by atomic mass is 10.1.